The van der Waals surface area contributed by atoms with Gasteiger partial charge in [-0.15, -0.1) is 0 Å². The molecule has 0 saturated carbocycles. The van der Waals surface area contributed by atoms with Gasteiger partial charge in [0.05, 0.1) is 17.4 Å². The first-order chi connectivity index (χ1) is 17.6. The molecule has 1 aromatic carbocycles. The molecule has 0 aliphatic carbocycles. The molecule has 1 amide bonds. The number of likely N-dealkylation sites (N-methyl/N-ethyl adjacent to an activating group) is 1. The Kier molecular flexibility index (Phi) is 7.57. The molecule has 1 unspecified atom stereocenters. The fourth-order valence-electron chi connectivity index (χ4n) is 3.62. The number of nitrogens with zero attached hydrogens (tertiary/aromatic N) is 6. The van der Waals surface area contributed by atoms with Crippen molar-refractivity contribution in [1.29, 1.82) is 0 Å². The predicted molar refractivity (Wildman–Crippen MR) is 124 cm³/mol. The molecule has 4 rings (SSSR count). The van der Waals surface area contributed by atoms with Gasteiger partial charge in [0, 0.05) is 44.7 Å². The third kappa shape index (κ3) is 5.97. The lowest BCUT2D eigenvalue weighted by Crippen LogP contribution is -2.26. The molecule has 3 heterocycles. The molecule has 0 aliphatic rings. The number of rotatable bonds is 10. The molecule has 0 spiro atoms. The van der Waals surface area contributed by atoms with E-state index in [4.69, 9.17) is 0 Å². The van der Waals surface area contributed by atoms with Gasteiger partial charge in [-0.2, -0.15) is 19.0 Å². The van der Waals surface area contributed by atoms with Crippen LogP contribution in [0.3, 0.4) is 0 Å². The summed E-state index contributed by atoms with van der Waals surface area (Å²) in [5, 5.41) is 22.2. The van der Waals surface area contributed by atoms with Crippen LogP contribution in [0.5, 0.6) is 5.75 Å². The van der Waals surface area contributed by atoms with Gasteiger partial charge in [0.2, 0.25) is 12.3 Å². The van der Waals surface area contributed by atoms with Crippen molar-refractivity contribution in [3.8, 4) is 17.0 Å². The Morgan fingerprint density at radius 1 is 1.24 bits per heavy atom. The Morgan fingerprint density at radius 2 is 2.03 bits per heavy atom. The van der Waals surface area contributed by atoms with Crippen molar-refractivity contribution in [3.05, 3.63) is 60.2 Å². The number of benzene rings is 1. The zero-order valence-electron chi connectivity index (χ0n) is 19.7. The average Bonchev–Trinajstić information content (AvgIpc) is 3.43. The van der Waals surface area contributed by atoms with E-state index < -0.39 is 25.7 Å². The minimum Gasteiger partial charge on any atom is -0.434 e. The monoisotopic (exact) mass is 521 g/mol. The van der Waals surface area contributed by atoms with Crippen LogP contribution in [-0.2, 0) is 17.8 Å². The molecule has 0 fully saturated rings. The number of hydrogen-bond donors (Lipinski definition) is 2. The van der Waals surface area contributed by atoms with Gasteiger partial charge in [0.25, 0.3) is 0 Å². The lowest BCUT2D eigenvalue weighted by atomic mass is 10.0. The molecule has 10 nitrogen and oxygen atoms in total. The minimum atomic E-state index is -3.19. The number of amides is 1. The van der Waals surface area contributed by atoms with Crippen molar-refractivity contribution in [2.75, 3.05) is 19.4 Å². The Hall–Kier alpha value is -4.20. The van der Waals surface area contributed by atoms with Crippen molar-refractivity contribution in [3.63, 3.8) is 0 Å². The molecule has 14 heteroatoms. The number of aromatic nitrogens is 5. The molecule has 1 atom stereocenters. The highest BCUT2D eigenvalue weighted by molar-refractivity contribution is 5.80. The summed E-state index contributed by atoms with van der Waals surface area (Å²) in [4.78, 5) is 17.8. The molecule has 3 aromatic heterocycles. The molecular formula is C23H23F4N7O3. The summed E-state index contributed by atoms with van der Waals surface area (Å²) >= 11 is 0. The highest BCUT2D eigenvalue weighted by atomic mass is 19.3. The van der Waals surface area contributed by atoms with Gasteiger partial charge in [-0.3, -0.25) is 9.48 Å². The van der Waals surface area contributed by atoms with Crippen molar-refractivity contribution in [1.82, 2.24) is 29.3 Å². The van der Waals surface area contributed by atoms with Gasteiger partial charge in [0.1, 0.15) is 18.0 Å². The number of aliphatic hydroxyl groups excluding tert-OH is 1. The Morgan fingerprint density at radius 3 is 2.73 bits per heavy atom. The van der Waals surface area contributed by atoms with Gasteiger partial charge in [-0.25, -0.2) is 18.3 Å². The van der Waals surface area contributed by atoms with E-state index in [1.807, 2.05) is 0 Å². The maximum Gasteiger partial charge on any atom is 0.387 e. The predicted octanol–water partition coefficient (Wildman–Crippen LogP) is 3.19. The average molecular weight is 521 g/mol. The third-order valence-corrected chi connectivity index (χ3v) is 5.36. The van der Waals surface area contributed by atoms with Crippen LogP contribution in [-0.4, -0.2) is 67.4 Å². The second-order valence-electron chi connectivity index (χ2n) is 8.22. The van der Waals surface area contributed by atoms with E-state index in [1.54, 1.807) is 26.4 Å². The molecule has 0 radical (unpaired) electrons. The standard InChI is InChI=1S/C23H23F4N7O3/c1-32(2)19(35)12-33-11-16(30-22(36)15-10-29-34-7-3-6-28-21(15)34)20(31-33)14-8-13(9-18(24)25)4-5-17(14)37-23(26)27/h3-8,10-11,18,22-23,30,36H,9,12H2,1-2H3. The van der Waals surface area contributed by atoms with Crippen LogP contribution < -0.4 is 10.1 Å². The maximum absolute atomic E-state index is 13.1. The van der Waals surface area contributed by atoms with E-state index in [0.29, 0.717) is 11.2 Å². The van der Waals surface area contributed by atoms with Gasteiger partial charge < -0.3 is 20.1 Å². The van der Waals surface area contributed by atoms with E-state index in [2.05, 4.69) is 25.2 Å². The van der Waals surface area contributed by atoms with E-state index in [1.165, 1.54) is 44.8 Å². The number of ether oxygens (including phenoxy) is 1. The quantitative estimate of drug-likeness (QED) is 0.244. The fraction of sp³-hybridized carbons (Fsp3) is 0.304. The lowest BCUT2D eigenvalue weighted by molar-refractivity contribution is -0.129. The van der Waals surface area contributed by atoms with E-state index in [9.17, 15) is 27.5 Å². The molecule has 0 aliphatic heterocycles. The fourth-order valence-corrected chi connectivity index (χ4v) is 3.62. The van der Waals surface area contributed by atoms with Crippen molar-refractivity contribution < 1.29 is 32.2 Å². The first-order valence-corrected chi connectivity index (χ1v) is 11.0. The van der Waals surface area contributed by atoms with Crippen LogP contribution in [0.1, 0.15) is 17.4 Å². The number of aliphatic hydroxyl groups is 1. The van der Waals surface area contributed by atoms with E-state index in [0.717, 1.165) is 6.07 Å². The topological polar surface area (TPSA) is 110 Å². The number of fused-ring (bicyclic) bond motifs is 1. The third-order valence-electron chi connectivity index (χ3n) is 5.36. The molecular weight excluding hydrogens is 498 g/mol. The number of halogens is 4. The Labute approximate surface area is 208 Å². The van der Waals surface area contributed by atoms with Crippen LogP contribution in [0.4, 0.5) is 23.2 Å². The summed E-state index contributed by atoms with van der Waals surface area (Å²) < 4.78 is 59.7. The first-order valence-electron chi connectivity index (χ1n) is 11.0. The number of carbonyl (C=O) groups excluding carboxylic acids is 1. The number of hydrogen-bond acceptors (Lipinski definition) is 7. The Balaban J connectivity index is 1.79. The smallest absolute Gasteiger partial charge is 0.387 e. The second-order valence-corrected chi connectivity index (χ2v) is 8.22. The van der Waals surface area contributed by atoms with Crippen LogP contribution in [0.25, 0.3) is 16.9 Å². The number of carbonyl (C=O) groups is 1. The van der Waals surface area contributed by atoms with Crippen molar-refractivity contribution in [2.45, 2.75) is 32.2 Å². The zero-order chi connectivity index (χ0) is 26.7. The second kappa shape index (κ2) is 10.8. The molecule has 196 valence electrons. The summed E-state index contributed by atoms with van der Waals surface area (Å²) in [6.45, 7) is -3.40. The minimum absolute atomic E-state index is 0.00167. The molecule has 0 saturated heterocycles. The molecule has 37 heavy (non-hydrogen) atoms. The summed E-state index contributed by atoms with van der Waals surface area (Å²) in [6, 6.07) is 5.33. The molecule has 0 bridgehead atoms. The van der Waals surface area contributed by atoms with Crippen molar-refractivity contribution in [2.24, 2.45) is 0 Å². The maximum atomic E-state index is 13.1. The van der Waals surface area contributed by atoms with Crippen LogP contribution in [0.15, 0.2) is 49.1 Å². The number of anilines is 1. The van der Waals surface area contributed by atoms with Gasteiger partial charge in [-0.1, -0.05) is 6.07 Å². The number of alkyl halides is 4. The highest BCUT2D eigenvalue weighted by Crippen LogP contribution is 2.37. The summed E-state index contributed by atoms with van der Waals surface area (Å²) in [7, 11) is 3.10. The molecule has 4 aromatic rings. The van der Waals surface area contributed by atoms with E-state index >= 15 is 0 Å². The largest absolute Gasteiger partial charge is 0.434 e. The zero-order valence-corrected chi connectivity index (χ0v) is 19.7. The van der Waals surface area contributed by atoms with Crippen LogP contribution in [0.2, 0.25) is 0 Å². The lowest BCUT2D eigenvalue weighted by Gasteiger charge is -2.15. The summed E-state index contributed by atoms with van der Waals surface area (Å²) in [6.07, 6.45) is 1.27. The van der Waals surface area contributed by atoms with Gasteiger partial charge >= 0.3 is 6.61 Å². The van der Waals surface area contributed by atoms with Crippen molar-refractivity contribution >= 4 is 17.2 Å². The van der Waals surface area contributed by atoms with Crippen LogP contribution >= 0.6 is 0 Å². The normalized spacial score (nSPS) is 12.4. The number of nitrogens with one attached hydrogen (secondary N) is 1. The van der Waals surface area contributed by atoms with Gasteiger partial charge in [0.15, 0.2) is 11.9 Å². The SMILES string of the molecule is CN(C)C(=O)Cn1cc(NC(O)c2cnn3cccnc23)c(-c2cc(CC(F)F)ccc2OC(F)F)n1. The Bertz CT molecular complexity index is 1390. The van der Waals surface area contributed by atoms with Gasteiger partial charge in [-0.05, 0) is 23.8 Å². The molecule has 2 N–H and O–H groups in total. The summed E-state index contributed by atoms with van der Waals surface area (Å²) in [5.74, 6) is -0.629. The first kappa shape index (κ1) is 25.9. The highest BCUT2D eigenvalue weighted by Gasteiger charge is 2.23. The van der Waals surface area contributed by atoms with E-state index in [-0.39, 0.29) is 40.7 Å². The van der Waals surface area contributed by atoms with Crippen LogP contribution in [0, 0.1) is 0 Å². The summed E-state index contributed by atoms with van der Waals surface area (Å²) in [5.41, 5.74) is 0.926.